The van der Waals surface area contributed by atoms with Crippen molar-refractivity contribution in [1.82, 2.24) is 9.80 Å². The van der Waals surface area contributed by atoms with Gasteiger partial charge in [0.05, 0.1) is 0 Å². The molecule has 0 saturated heterocycles. The molecule has 0 heterocycles. The first-order valence-corrected chi connectivity index (χ1v) is 6.06. The van der Waals surface area contributed by atoms with Gasteiger partial charge in [0.2, 0.25) is 0 Å². The number of rotatable bonds is 6. The Morgan fingerprint density at radius 1 is 1.26 bits per heavy atom. The minimum atomic E-state index is -0.782. The fourth-order valence-electron chi connectivity index (χ4n) is 0.957. The topological polar surface area (TPSA) is 70.1 Å². The number of ether oxygens (including phenoxy) is 1. The number of nitrogens with zero attached hydrogens (tertiary/aromatic N) is 2. The highest BCUT2D eigenvalue weighted by molar-refractivity contribution is 5.81. The van der Waals surface area contributed by atoms with Crippen LogP contribution in [0.1, 0.15) is 20.3 Å². The lowest BCUT2D eigenvalue weighted by Gasteiger charge is -2.21. The molecule has 6 heteroatoms. The van der Waals surface area contributed by atoms with Gasteiger partial charge in [-0.2, -0.15) is 0 Å². The molecular formula is C13H26N2O4. The number of carboxylic acids is 1. The Bertz CT molecular complexity index is 290. The number of esters is 1. The molecule has 0 bridgehead atoms. The molecule has 0 radical (unpaired) electrons. The maximum absolute atomic E-state index is 10.7. The Balaban J connectivity index is 0. The predicted molar refractivity (Wildman–Crippen MR) is 74.8 cm³/mol. The van der Waals surface area contributed by atoms with Crippen molar-refractivity contribution in [3.05, 3.63) is 12.7 Å². The van der Waals surface area contributed by atoms with Crippen molar-refractivity contribution < 1.29 is 19.4 Å². The summed E-state index contributed by atoms with van der Waals surface area (Å²) in [4.78, 5) is 24.3. The Kier molecular flexibility index (Phi) is 11.0. The summed E-state index contributed by atoms with van der Waals surface area (Å²) in [5, 5.41) is 8.31. The van der Waals surface area contributed by atoms with Crippen LogP contribution in [0.2, 0.25) is 0 Å². The fraction of sp³-hybridized carbons (Fsp3) is 0.692. The quantitative estimate of drug-likeness (QED) is 0.443. The highest BCUT2D eigenvalue weighted by Crippen LogP contribution is 2.01. The number of carbonyl (C=O) groups excluding carboxylic acids is 1. The molecular weight excluding hydrogens is 248 g/mol. The summed E-state index contributed by atoms with van der Waals surface area (Å²) < 4.78 is 4.98. The Labute approximate surface area is 115 Å². The second kappa shape index (κ2) is 10.5. The number of hydrogen-bond donors (Lipinski definition) is 1. The van der Waals surface area contributed by atoms with Crippen molar-refractivity contribution >= 4 is 11.9 Å². The average molecular weight is 274 g/mol. The lowest BCUT2D eigenvalue weighted by atomic mass is 10.3. The molecule has 0 fully saturated rings. The van der Waals surface area contributed by atoms with Gasteiger partial charge in [0.15, 0.2) is 6.23 Å². The number of hydrogen-bond acceptors (Lipinski definition) is 5. The molecule has 6 nitrogen and oxygen atoms in total. The molecule has 0 saturated carbocycles. The van der Waals surface area contributed by atoms with Crippen molar-refractivity contribution in [1.29, 1.82) is 0 Å². The van der Waals surface area contributed by atoms with Crippen molar-refractivity contribution in [3.63, 3.8) is 0 Å². The van der Waals surface area contributed by atoms with E-state index in [1.807, 2.05) is 25.9 Å². The SMILES string of the molecule is C=CC(=O)OC(CC)N(C)C.CC(C(=O)O)N(C)C. The van der Waals surface area contributed by atoms with E-state index in [1.165, 1.54) is 6.08 Å². The largest absolute Gasteiger partial charge is 0.480 e. The lowest BCUT2D eigenvalue weighted by molar-refractivity contribution is -0.151. The third-order valence-corrected chi connectivity index (χ3v) is 2.48. The van der Waals surface area contributed by atoms with E-state index in [9.17, 15) is 9.59 Å². The molecule has 19 heavy (non-hydrogen) atoms. The zero-order valence-corrected chi connectivity index (χ0v) is 12.7. The number of carboxylic acid groups (broad SMARTS) is 1. The van der Waals surface area contributed by atoms with Crippen LogP contribution in [0.25, 0.3) is 0 Å². The highest BCUT2D eigenvalue weighted by atomic mass is 16.6. The van der Waals surface area contributed by atoms with E-state index in [0.717, 1.165) is 6.42 Å². The van der Waals surface area contributed by atoms with E-state index in [4.69, 9.17) is 9.84 Å². The molecule has 0 rings (SSSR count). The Hall–Kier alpha value is -1.40. The average Bonchev–Trinajstić information content (AvgIpc) is 2.34. The summed E-state index contributed by atoms with van der Waals surface area (Å²) in [5.41, 5.74) is 0. The zero-order valence-electron chi connectivity index (χ0n) is 12.7. The van der Waals surface area contributed by atoms with Gasteiger partial charge in [-0.15, -0.1) is 0 Å². The van der Waals surface area contributed by atoms with Gasteiger partial charge < -0.3 is 9.84 Å². The van der Waals surface area contributed by atoms with Gasteiger partial charge in [-0.25, -0.2) is 4.79 Å². The summed E-state index contributed by atoms with van der Waals surface area (Å²) in [6, 6.07) is -0.380. The predicted octanol–water partition coefficient (Wildman–Crippen LogP) is 1.03. The van der Waals surface area contributed by atoms with Gasteiger partial charge in [-0.1, -0.05) is 13.5 Å². The van der Waals surface area contributed by atoms with Crippen LogP contribution in [-0.2, 0) is 14.3 Å². The van der Waals surface area contributed by atoms with Crippen LogP contribution >= 0.6 is 0 Å². The summed E-state index contributed by atoms with van der Waals surface area (Å²) >= 11 is 0. The second-order valence-corrected chi connectivity index (χ2v) is 4.45. The molecule has 0 aromatic heterocycles. The minimum Gasteiger partial charge on any atom is -0.480 e. The van der Waals surface area contributed by atoms with Gasteiger partial charge in [0.25, 0.3) is 0 Å². The van der Waals surface area contributed by atoms with Gasteiger partial charge in [0, 0.05) is 6.08 Å². The van der Waals surface area contributed by atoms with E-state index in [2.05, 4.69) is 6.58 Å². The highest BCUT2D eigenvalue weighted by Gasteiger charge is 2.11. The summed E-state index contributed by atoms with van der Waals surface area (Å²) in [5.74, 6) is -1.15. The van der Waals surface area contributed by atoms with E-state index in [-0.39, 0.29) is 18.2 Å². The van der Waals surface area contributed by atoms with E-state index in [1.54, 1.807) is 25.9 Å². The maximum Gasteiger partial charge on any atom is 0.331 e. The Morgan fingerprint density at radius 2 is 1.74 bits per heavy atom. The van der Waals surface area contributed by atoms with E-state index >= 15 is 0 Å². The number of carbonyl (C=O) groups is 2. The van der Waals surface area contributed by atoms with Crippen LogP contribution in [0.3, 0.4) is 0 Å². The maximum atomic E-state index is 10.7. The van der Waals surface area contributed by atoms with Crippen molar-refractivity contribution in [3.8, 4) is 0 Å². The first kappa shape index (κ1) is 19.9. The summed E-state index contributed by atoms with van der Waals surface area (Å²) in [6.45, 7) is 6.91. The number of aliphatic carboxylic acids is 1. The minimum absolute atomic E-state index is 0.138. The van der Waals surface area contributed by atoms with E-state index < -0.39 is 5.97 Å². The monoisotopic (exact) mass is 274 g/mol. The Morgan fingerprint density at radius 3 is 1.89 bits per heavy atom. The lowest BCUT2D eigenvalue weighted by Crippen LogP contribution is -2.32. The molecule has 1 N–H and O–H groups in total. The van der Waals surface area contributed by atoms with Crippen LogP contribution in [0.4, 0.5) is 0 Å². The fourth-order valence-corrected chi connectivity index (χ4v) is 0.957. The van der Waals surface area contributed by atoms with Crippen LogP contribution in [0, 0.1) is 0 Å². The van der Waals surface area contributed by atoms with Crippen LogP contribution in [0.15, 0.2) is 12.7 Å². The smallest absolute Gasteiger partial charge is 0.331 e. The zero-order chi connectivity index (χ0) is 15.6. The van der Waals surface area contributed by atoms with Gasteiger partial charge in [0.1, 0.15) is 6.04 Å². The molecule has 0 aromatic carbocycles. The third-order valence-electron chi connectivity index (χ3n) is 2.48. The van der Waals surface area contributed by atoms with Crippen LogP contribution in [0.5, 0.6) is 0 Å². The molecule has 0 aliphatic rings. The first-order valence-electron chi connectivity index (χ1n) is 6.06. The molecule has 0 aliphatic heterocycles. The molecule has 0 aliphatic carbocycles. The van der Waals surface area contributed by atoms with Crippen molar-refractivity contribution in [2.45, 2.75) is 32.5 Å². The van der Waals surface area contributed by atoms with Crippen molar-refractivity contribution in [2.24, 2.45) is 0 Å². The molecule has 112 valence electrons. The second-order valence-electron chi connectivity index (χ2n) is 4.45. The third kappa shape index (κ3) is 10.2. The first-order chi connectivity index (χ1) is 8.67. The van der Waals surface area contributed by atoms with Gasteiger partial charge in [-0.05, 0) is 41.5 Å². The van der Waals surface area contributed by atoms with Gasteiger partial charge >= 0.3 is 11.9 Å². The van der Waals surface area contributed by atoms with Crippen molar-refractivity contribution in [2.75, 3.05) is 28.2 Å². The normalized spacial score (nSPS) is 13.3. The molecule has 2 atom stereocenters. The summed E-state index contributed by atoms with van der Waals surface area (Å²) in [6.07, 6.45) is 1.82. The molecule has 2 unspecified atom stereocenters. The molecule has 0 spiro atoms. The number of likely N-dealkylation sites (N-methyl/N-ethyl adjacent to an activating group) is 1. The molecule has 0 amide bonds. The summed E-state index contributed by atoms with van der Waals surface area (Å²) in [7, 11) is 7.20. The van der Waals surface area contributed by atoms with E-state index in [0.29, 0.717) is 0 Å². The van der Waals surface area contributed by atoms with Crippen LogP contribution < -0.4 is 0 Å². The van der Waals surface area contributed by atoms with Gasteiger partial charge in [-0.3, -0.25) is 14.6 Å². The van der Waals surface area contributed by atoms with Crippen LogP contribution in [-0.4, -0.2) is 67.3 Å². The molecule has 0 aromatic rings. The standard InChI is InChI=1S/C8H15NO2.C5H11NO2/c1-5-7(9(3)4)11-8(10)6-2;1-4(5(7)8)6(2)3/h6-7H,2,5H2,1,3-4H3;4H,1-3H3,(H,7,8).